The molecule has 0 unspecified atom stereocenters. The highest BCUT2D eigenvalue weighted by Crippen LogP contribution is 2.32. The van der Waals surface area contributed by atoms with E-state index in [2.05, 4.69) is 19.9 Å². The first kappa shape index (κ1) is 31.5. The van der Waals surface area contributed by atoms with Gasteiger partial charge in [-0.1, -0.05) is 33.8 Å². The summed E-state index contributed by atoms with van der Waals surface area (Å²) in [6.45, 7) is 10.5. The second kappa shape index (κ2) is 14.9. The lowest BCUT2D eigenvalue weighted by atomic mass is 9.82. The Morgan fingerprint density at radius 2 is 1.89 bits per heavy atom. The summed E-state index contributed by atoms with van der Waals surface area (Å²) in [7, 11) is 3.32. The molecule has 0 bridgehead atoms. The lowest BCUT2D eigenvalue weighted by Crippen LogP contribution is -2.52. The van der Waals surface area contributed by atoms with Crippen LogP contribution in [0.4, 0.5) is 0 Å². The molecule has 1 amide bonds. The normalized spacial score (nSPS) is 18.1. The van der Waals surface area contributed by atoms with Gasteiger partial charge in [0.25, 0.3) is 0 Å². The van der Waals surface area contributed by atoms with Crippen LogP contribution in [0, 0.1) is 17.3 Å². The number of carbonyl (C=O) groups is 1. The van der Waals surface area contributed by atoms with E-state index in [1.165, 1.54) is 0 Å². The number of nitrogens with two attached hydrogens (primary N) is 1. The third-order valence-electron chi connectivity index (χ3n) is 6.99. The van der Waals surface area contributed by atoms with Crippen molar-refractivity contribution < 1.29 is 24.1 Å². The summed E-state index contributed by atoms with van der Waals surface area (Å²) in [5.41, 5.74) is 7.25. The highest BCUT2D eigenvalue weighted by atomic mass is 35.5. The predicted octanol–water partition coefficient (Wildman–Crippen LogP) is 4.07. The molecule has 1 aromatic carbocycles. The average Bonchev–Trinajstić information content (AvgIpc) is 2.79. The van der Waals surface area contributed by atoms with Crippen LogP contribution in [0.2, 0.25) is 0 Å². The third kappa shape index (κ3) is 9.45. The van der Waals surface area contributed by atoms with Crippen molar-refractivity contribution in [2.45, 2.75) is 71.9 Å². The molecule has 7 nitrogen and oxygen atoms in total. The number of nitrogens with zero attached hydrogens (tertiary/aromatic N) is 1. The number of rotatable bonds is 14. The molecule has 35 heavy (non-hydrogen) atoms. The van der Waals surface area contributed by atoms with Gasteiger partial charge in [-0.3, -0.25) is 4.79 Å². The maximum Gasteiger partial charge on any atom is 0.228 e. The van der Waals surface area contributed by atoms with Crippen LogP contribution >= 0.6 is 12.4 Å². The van der Waals surface area contributed by atoms with Gasteiger partial charge < -0.3 is 30.0 Å². The van der Waals surface area contributed by atoms with Crippen molar-refractivity contribution in [3.63, 3.8) is 0 Å². The molecule has 3 atom stereocenters. The number of aliphatic hydroxyl groups is 1. The molecule has 202 valence electrons. The van der Waals surface area contributed by atoms with Crippen LogP contribution in [0.1, 0.15) is 58.9 Å². The molecule has 1 fully saturated rings. The van der Waals surface area contributed by atoms with E-state index in [9.17, 15) is 9.90 Å². The van der Waals surface area contributed by atoms with Crippen molar-refractivity contribution >= 4 is 18.3 Å². The number of halogens is 1. The summed E-state index contributed by atoms with van der Waals surface area (Å²) >= 11 is 0. The quantitative estimate of drug-likeness (QED) is 0.363. The summed E-state index contributed by atoms with van der Waals surface area (Å²) in [4.78, 5) is 14.5. The Morgan fingerprint density at radius 1 is 1.17 bits per heavy atom. The van der Waals surface area contributed by atoms with Gasteiger partial charge in [0.05, 0.1) is 19.8 Å². The number of benzene rings is 1. The molecule has 1 aromatic rings. The van der Waals surface area contributed by atoms with Crippen LogP contribution in [0.15, 0.2) is 18.2 Å². The van der Waals surface area contributed by atoms with Crippen LogP contribution in [0.3, 0.4) is 0 Å². The zero-order valence-corrected chi connectivity index (χ0v) is 23.2. The fourth-order valence-corrected chi connectivity index (χ4v) is 4.63. The molecular weight excluding hydrogens is 468 g/mol. The first-order chi connectivity index (χ1) is 16.1. The molecule has 0 aromatic heterocycles. The van der Waals surface area contributed by atoms with Crippen LogP contribution in [0.5, 0.6) is 11.5 Å². The number of carbonyl (C=O) groups excluding carboxylic acids is 1. The number of aliphatic hydroxyl groups excluding tert-OH is 1. The Bertz CT molecular complexity index is 774. The molecule has 1 aliphatic rings. The lowest BCUT2D eigenvalue weighted by molar-refractivity contribution is -0.145. The standard InChI is InChI=1S/C27H46N2O5.ClH/c1-19(2)21(15-20-9-10-24(33-6)25(16-20)34-14-8-13-32-5)17-22(28)23(30)18-29-12-7-11-27(3,4)26(29)31;/h9-10,16,19,21-23,30H,7-8,11-15,17-18,28H2,1-6H3;1H/t21-,22-,23-;/m0./s1. The average molecular weight is 515 g/mol. The SMILES string of the molecule is COCCCOc1cc(C[C@@H](C[C@H](N)[C@@H](O)CN2CCCC(C)(C)C2=O)C(C)C)ccc1OC.Cl. The first-order valence-electron chi connectivity index (χ1n) is 12.6. The molecule has 1 aliphatic heterocycles. The largest absolute Gasteiger partial charge is 0.493 e. The molecule has 8 heteroatoms. The number of hydrogen-bond donors (Lipinski definition) is 2. The molecule has 0 radical (unpaired) electrons. The Kier molecular flexibility index (Phi) is 13.4. The second-order valence-electron chi connectivity index (χ2n) is 10.6. The summed E-state index contributed by atoms with van der Waals surface area (Å²) in [5.74, 6) is 2.23. The van der Waals surface area contributed by atoms with Gasteiger partial charge in [-0.2, -0.15) is 0 Å². The Hall–Kier alpha value is -1.54. The van der Waals surface area contributed by atoms with E-state index in [0.29, 0.717) is 44.4 Å². The van der Waals surface area contributed by atoms with Gasteiger partial charge in [-0.25, -0.2) is 0 Å². The minimum atomic E-state index is -0.741. The molecular formula is C27H47ClN2O5. The van der Waals surface area contributed by atoms with E-state index in [1.54, 1.807) is 19.1 Å². The number of piperidine rings is 1. The zero-order valence-electron chi connectivity index (χ0n) is 22.4. The Morgan fingerprint density at radius 3 is 2.51 bits per heavy atom. The summed E-state index contributed by atoms with van der Waals surface area (Å²) in [6.07, 6.45) is 3.42. The molecule has 0 aliphatic carbocycles. The number of ether oxygens (including phenoxy) is 3. The zero-order chi connectivity index (χ0) is 25.3. The molecule has 2 rings (SSSR count). The second-order valence-corrected chi connectivity index (χ2v) is 10.6. The van der Waals surface area contributed by atoms with Crippen molar-refractivity contribution in [2.75, 3.05) is 40.5 Å². The van der Waals surface area contributed by atoms with Gasteiger partial charge in [0.2, 0.25) is 5.91 Å². The Labute approximate surface area is 218 Å². The van der Waals surface area contributed by atoms with Crippen molar-refractivity contribution in [1.82, 2.24) is 4.90 Å². The fraction of sp³-hybridized carbons (Fsp3) is 0.741. The minimum absolute atomic E-state index is 0. The van der Waals surface area contributed by atoms with E-state index >= 15 is 0 Å². The van der Waals surface area contributed by atoms with Gasteiger partial charge in [0.1, 0.15) is 0 Å². The van der Waals surface area contributed by atoms with Gasteiger partial charge in [-0.15, -0.1) is 12.4 Å². The summed E-state index contributed by atoms with van der Waals surface area (Å²) < 4.78 is 16.5. The minimum Gasteiger partial charge on any atom is -0.493 e. The van der Waals surface area contributed by atoms with Crippen LogP contribution in [0.25, 0.3) is 0 Å². The van der Waals surface area contributed by atoms with Crippen LogP contribution < -0.4 is 15.2 Å². The molecule has 0 saturated carbocycles. The van der Waals surface area contributed by atoms with Gasteiger partial charge in [-0.05, 0) is 55.2 Å². The van der Waals surface area contributed by atoms with Crippen molar-refractivity contribution in [3.05, 3.63) is 23.8 Å². The highest BCUT2D eigenvalue weighted by molar-refractivity contribution is 5.85. The highest BCUT2D eigenvalue weighted by Gasteiger charge is 2.37. The fourth-order valence-electron chi connectivity index (χ4n) is 4.63. The number of hydrogen-bond acceptors (Lipinski definition) is 6. The van der Waals surface area contributed by atoms with E-state index in [4.69, 9.17) is 19.9 Å². The molecule has 3 N–H and O–H groups in total. The van der Waals surface area contributed by atoms with E-state index < -0.39 is 12.1 Å². The maximum absolute atomic E-state index is 12.7. The van der Waals surface area contributed by atoms with E-state index in [-0.39, 0.29) is 29.6 Å². The van der Waals surface area contributed by atoms with Crippen molar-refractivity contribution in [3.8, 4) is 11.5 Å². The first-order valence-corrected chi connectivity index (χ1v) is 12.6. The number of amides is 1. The van der Waals surface area contributed by atoms with Crippen molar-refractivity contribution in [2.24, 2.45) is 23.0 Å². The smallest absolute Gasteiger partial charge is 0.228 e. The predicted molar refractivity (Wildman–Crippen MR) is 142 cm³/mol. The van der Waals surface area contributed by atoms with E-state index in [1.807, 2.05) is 26.0 Å². The topological polar surface area (TPSA) is 94.3 Å². The van der Waals surface area contributed by atoms with Gasteiger partial charge >= 0.3 is 0 Å². The third-order valence-corrected chi connectivity index (χ3v) is 6.99. The van der Waals surface area contributed by atoms with E-state index in [0.717, 1.165) is 37.0 Å². The summed E-state index contributed by atoms with van der Waals surface area (Å²) in [6, 6.07) is 5.65. The lowest BCUT2D eigenvalue weighted by Gasteiger charge is -2.39. The number of methoxy groups -OCH3 is 2. The summed E-state index contributed by atoms with van der Waals surface area (Å²) in [5, 5.41) is 10.8. The maximum atomic E-state index is 12.7. The monoisotopic (exact) mass is 514 g/mol. The van der Waals surface area contributed by atoms with Crippen molar-refractivity contribution in [1.29, 1.82) is 0 Å². The van der Waals surface area contributed by atoms with Crippen LogP contribution in [-0.2, 0) is 16.0 Å². The number of likely N-dealkylation sites (tertiary alicyclic amines) is 1. The molecule has 1 saturated heterocycles. The Balaban J connectivity index is 0.00000612. The number of β-amino-alcohol motifs (C(OH)–C–C–N with tert-alkyl or cyclic N) is 1. The van der Waals surface area contributed by atoms with Gasteiger partial charge in [0, 0.05) is 44.7 Å². The van der Waals surface area contributed by atoms with Gasteiger partial charge in [0.15, 0.2) is 11.5 Å². The molecule has 0 spiro atoms. The van der Waals surface area contributed by atoms with Crippen LogP contribution in [-0.4, -0.2) is 68.6 Å². The molecule has 1 heterocycles.